The van der Waals surface area contributed by atoms with E-state index < -0.39 is 0 Å². The summed E-state index contributed by atoms with van der Waals surface area (Å²) in [6.07, 6.45) is 21.3. The average molecular weight is 369 g/mol. The minimum Gasteiger partial charge on any atom is -0.0835 e. The Morgan fingerprint density at radius 2 is 1.25 bits per heavy atom. The Bertz CT molecular complexity index is 817. The van der Waals surface area contributed by atoms with Crippen molar-refractivity contribution in [3.05, 3.63) is 94.6 Å². The van der Waals surface area contributed by atoms with Crippen LogP contribution in [0.4, 0.5) is 0 Å². The molecule has 2 aromatic carbocycles. The Morgan fingerprint density at radius 3 is 1.86 bits per heavy atom. The normalized spacial score (nSPS) is 18.9. The van der Waals surface area contributed by atoms with Crippen LogP contribution in [0.25, 0.3) is 12.2 Å². The van der Waals surface area contributed by atoms with Gasteiger partial charge in [0.25, 0.3) is 0 Å². The van der Waals surface area contributed by atoms with Crippen LogP contribution in [-0.4, -0.2) is 0 Å². The minimum absolute atomic E-state index is 0.414. The summed E-state index contributed by atoms with van der Waals surface area (Å²) in [7, 11) is 0. The van der Waals surface area contributed by atoms with E-state index in [4.69, 9.17) is 0 Å². The Morgan fingerprint density at radius 1 is 0.714 bits per heavy atom. The zero-order valence-corrected chi connectivity index (χ0v) is 17.1. The number of benzene rings is 2. The van der Waals surface area contributed by atoms with Gasteiger partial charge in [0.1, 0.15) is 0 Å². The van der Waals surface area contributed by atoms with Crippen LogP contribution >= 0.6 is 0 Å². The monoisotopic (exact) mass is 368 g/mol. The van der Waals surface area contributed by atoms with Gasteiger partial charge in [-0.15, -0.1) is 0 Å². The summed E-state index contributed by atoms with van der Waals surface area (Å²) in [5.74, 6) is 0.828. The summed E-state index contributed by atoms with van der Waals surface area (Å²) in [5, 5.41) is 0. The summed E-state index contributed by atoms with van der Waals surface area (Å²) in [6.45, 7) is 2.29. The molecule has 0 aromatic heterocycles. The molecular formula is C28H32. The maximum atomic E-state index is 2.56. The van der Waals surface area contributed by atoms with Gasteiger partial charge in [0, 0.05) is 11.8 Å². The van der Waals surface area contributed by atoms with Gasteiger partial charge in [-0.1, -0.05) is 124 Å². The quantitative estimate of drug-likeness (QED) is 0.308. The molecule has 0 spiro atoms. The lowest BCUT2D eigenvalue weighted by Gasteiger charge is -2.22. The number of unbranched alkanes of at least 4 members (excludes halogenated alkanes) is 6. The molecule has 0 nitrogen and oxygen atoms in total. The highest BCUT2D eigenvalue weighted by Crippen LogP contribution is 2.45. The van der Waals surface area contributed by atoms with Gasteiger partial charge in [-0.2, -0.15) is 0 Å². The van der Waals surface area contributed by atoms with Crippen LogP contribution in [0.5, 0.6) is 0 Å². The van der Waals surface area contributed by atoms with Crippen molar-refractivity contribution < 1.29 is 0 Å². The molecule has 0 heterocycles. The van der Waals surface area contributed by atoms with Gasteiger partial charge in [-0.3, -0.25) is 0 Å². The fourth-order valence-electron chi connectivity index (χ4n) is 4.72. The van der Waals surface area contributed by atoms with Crippen LogP contribution in [-0.2, 0) is 0 Å². The summed E-state index contributed by atoms with van der Waals surface area (Å²) < 4.78 is 0. The molecule has 0 radical (unpaired) electrons. The van der Waals surface area contributed by atoms with Gasteiger partial charge in [-0.05, 0) is 35.1 Å². The third kappa shape index (κ3) is 4.07. The molecule has 0 saturated heterocycles. The number of fused-ring (bicyclic) bond motifs is 2. The smallest absolute Gasteiger partial charge is 0.0246 e. The summed E-state index contributed by atoms with van der Waals surface area (Å²) >= 11 is 0. The second-order valence-electron chi connectivity index (χ2n) is 8.19. The van der Waals surface area contributed by atoms with Crippen molar-refractivity contribution in [1.29, 1.82) is 0 Å². The molecule has 0 heteroatoms. The lowest BCUT2D eigenvalue weighted by atomic mass is 9.81. The molecule has 0 aliphatic heterocycles. The molecule has 2 aliphatic rings. The van der Waals surface area contributed by atoms with Crippen molar-refractivity contribution in [1.82, 2.24) is 0 Å². The molecule has 0 amide bonds. The van der Waals surface area contributed by atoms with E-state index in [0.717, 1.165) is 0 Å². The Balaban J connectivity index is 1.54. The van der Waals surface area contributed by atoms with Crippen LogP contribution in [0.3, 0.4) is 0 Å². The molecule has 0 N–H and O–H groups in total. The van der Waals surface area contributed by atoms with Crippen molar-refractivity contribution in [2.45, 2.75) is 63.7 Å². The van der Waals surface area contributed by atoms with Gasteiger partial charge in [0.05, 0.1) is 0 Å². The standard InChI is InChI=1S/C28H32/c1-2-3-4-5-6-7-8-17-26(27-20-18-22-13-9-11-15-24(22)27)28-21-19-23-14-10-12-16-25(23)28/h9-21,27-28H,2-8H2,1H3. The minimum atomic E-state index is 0.414. The zero-order valence-electron chi connectivity index (χ0n) is 17.1. The lowest BCUT2D eigenvalue weighted by molar-refractivity contribution is 0.610. The van der Waals surface area contributed by atoms with E-state index in [2.05, 4.69) is 85.8 Å². The Kier molecular flexibility index (Phi) is 6.27. The lowest BCUT2D eigenvalue weighted by Crippen LogP contribution is -2.06. The molecule has 2 aliphatic carbocycles. The maximum absolute atomic E-state index is 2.56. The van der Waals surface area contributed by atoms with Crippen molar-refractivity contribution in [3.63, 3.8) is 0 Å². The molecule has 2 unspecified atom stereocenters. The highest BCUT2D eigenvalue weighted by Gasteiger charge is 2.28. The number of hydrogen-bond acceptors (Lipinski definition) is 0. The van der Waals surface area contributed by atoms with Crippen LogP contribution in [0.2, 0.25) is 0 Å². The molecule has 4 rings (SSSR count). The van der Waals surface area contributed by atoms with E-state index >= 15 is 0 Å². The van der Waals surface area contributed by atoms with E-state index in [1.165, 1.54) is 67.2 Å². The Hall–Kier alpha value is -2.34. The SMILES string of the molecule is CCCCCCCCC=C(C1C=Cc2ccccc21)C1C=Cc2ccccc21. The van der Waals surface area contributed by atoms with Crippen molar-refractivity contribution in [3.8, 4) is 0 Å². The van der Waals surface area contributed by atoms with Crippen LogP contribution in [0, 0.1) is 0 Å². The molecule has 0 bridgehead atoms. The van der Waals surface area contributed by atoms with Gasteiger partial charge in [-0.25, -0.2) is 0 Å². The maximum Gasteiger partial charge on any atom is 0.0246 e. The average Bonchev–Trinajstić information content (AvgIpc) is 3.35. The molecule has 2 aromatic rings. The van der Waals surface area contributed by atoms with Gasteiger partial charge < -0.3 is 0 Å². The molecule has 0 fully saturated rings. The molecule has 144 valence electrons. The fraction of sp³-hybridized carbons (Fsp3) is 0.357. The second-order valence-corrected chi connectivity index (χ2v) is 8.19. The predicted octanol–water partition coefficient (Wildman–Crippen LogP) is 8.28. The van der Waals surface area contributed by atoms with Crippen molar-refractivity contribution in [2.24, 2.45) is 0 Å². The third-order valence-electron chi connectivity index (χ3n) is 6.25. The predicted molar refractivity (Wildman–Crippen MR) is 123 cm³/mol. The highest BCUT2D eigenvalue weighted by atomic mass is 14.3. The van der Waals surface area contributed by atoms with E-state index in [1.54, 1.807) is 5.57 Å². The van der Waals surface area contributed by atoms with Crippen molar-refractivity contribution >= 4 is 12.2 Å². The first-order valence-corrected chi connectivity index (χ1v) is 11.1. The van der Waals surface area contributed by atoms with Gasteiger partial charge in [0.15, 0.2) is 0 Å². The van der Waals surface area contributed by atoms with Gasteiger partial charge >= 0.3 is 0 Å². The van der Waals surface area contributed by atoms with E-state index in [-0.39, 0.29) is 0 Å². The third-order valence-corrected chi connectivity index (χ3v) is 6.25. The topological polar surface area (TPSA) is 0 Å². The van der Waals surface area contributed by atoms with Crippen LogP contribution < -0.4 is 0 Å². The van der Waals surface area contributed by atoms with E-state index in [1.807, 2.05) is 0 Å². The first-order valence-electron chi connectivity index (χ1n) is 11.1. The zero-order chi connectivity index (χ0) is 19.2. The summed E-state index contributed by atoms with van der Waals surface area (Å²) in [4.78, 5) is 0. The number of rotatable bonds is 9. The molecular weight excluding hydrogens is 336 g/mol. The second kappa shape index (κ2) is 9.24. The van der Waals surface area contributed by atoms with Gasteiger partial charge in [0.2, 0.25) is 0 Å². The highest BCUT2D eigenvalue weighted by molar-refractivity contribution is 5.69. The summed E-state index contributed by atoms with van der Waals surface area (Å²) in [6, 6.07) is 17.8. The fourth-order valence-corrected chi connectivity index (χ4v) is 4.72. The first kappa shape index (κ1) is 19.0. The van der Waals surface area contributed by atoms with E-state index in [9.17, 15) is 0 Å². The van der Waals surface area contributed by atoms with Crippen LogP contribution in [0.15, 0.2) is 72.3 Å². The van der Waals surface area contributed by atoms with Crippen molar-refractivity contribution in [2.75, 3.05) is 0 Å². The largest absolute Gasteiger partial charge is 0.0835 e. The van der Waals surface area contributed by atoms with Crippen LogP contribution in [0.1, 0.15) is 86.0 Å². The number of hydrogen-bond donors (Lipinski definition) is 0. The Labute approximate surface area is 170 Å². The van der Waals surface area contributed by atoms with E-state index in [0.29, 0.717) is 11.8 Å². The summed E-state index contributed by atoms with van der Waals surface area (Å²) in [5.41, 5.74) is 7.27. The molecule has 2 atom stereocenters. The molecule has 28 heavy (non-hydrogen) atoms. The molecule has 0 saturated carbocycles. The number of allylic oxidation sites excluding steroid dienone is 4. The first-order chi connectivity index (χ1) is 13.9.